The maximum Gasteiger partial charge on any atom is 0.390 e. The van der Waals surface area contributed by atoms with Crippen molar-refractivity contribution in [3.05, 3.63) is 48.2 Å². The summed E-state index contributed by atoms with van der Waals surface area (Å²) in [4.78, 5) is 10.7. The average Bonchev–Trinajstić information content (AvgIpc) is 2.91. The smallest absolute Gasteiger partial charge is 0.331 e. The number of benzene rings is 1. The summed E-state index contributed by atoms with van der Waals surface area (Å²) in [5.41, 5.74) is 3.09. The van der Waals surface area contributed by atoms with Gasteiger partial charge in [-0.2, -0.15) is 13.2 Å². The van der Waals surface area contributed by atoms with Gasteiger partial charge < -0.3 is 9.47 Å². The first-order valence-corrected chi connectivity index (χ1v) is 8.98. The number of hydrogen-bond acceptors (Lipinski definition) is 3. The van der Waals surface area contributed by atoms with Crippen LogP contribution >= 0.6 is 0 Å². The minimum absolute atomic E-state index is 0.0670. The van der Waals surface area contributed by atoms with Crippen LogP contribution in [0.1, 0.15) is 23.9 Å². The van der Waals surface area contributed by atoms with E-state index in [2.05, 4.69) is 28.2 Å². The highest BCUT2D eigenvalue weighted by Crippen LogP contribution is 2.31. The number of aromatic nitrogens is 3. The molecular weight excluding hydrogens is 353 g/mol. The van der Waals surface area contributed by atoms with Gasteiger partial charge in [-0.05, 0) is 24.4 Å². The fourth-order valence-corrected chi connectivity index (χ4v) is 3.54. The zero-order valence-electron chi connectivity index (χ0n) is 15.3. The fraction of sp³-hybridized carbons (Fsp3) is 0.400. The standard InChI is InChI=1S/C20H21F3N4/c1-13-24-10-19(26(13)2)14-3-4-15-9-25-18(8-16(15)7-14)17-11-27(12-17)6-5-20(21,22)23/h3-4,7-10,17H,5-6,11-12H2,1-2H3. The number of imidazole rings is 1. The molecule has 4 nitrogen and oxygen atoms in total. The highest BCUT2D eigenvalue weighted by Gasteiger charge is 2.33. The lowest BCUT2D eigenvalue weighted by molar-refractivity contribution is -0.140. The minimum Gasteiger partial charge on any atom is -0.331 e. The van der Waals surface area contributed by atoms with Crippen LogP contribution in [-0.4, -0.2) is 45.2 Å². The molecule has 0 radical (unpaired) electrons. The van der Waals surface area contributed by atoms with Gasteiger partial charge >= 0.3 is 6.18 Å². The first kappa shape index (κ1) is 18.0. The molecule has 1 aliphatic heterocycles. The summed E-state index contributed by atoms with van der Waals surface area (Å²) in [6, 6.07) is 8.29. The Morgan fingerprint density at radius 3 is 2.52 bits per heavy atom. The molecule has 2 aromatic heterocycles. The monoisotopic (exact) mass is 374 g/mol. The Kier molecular flexibility index (Phi) is 4.42. The van der Waals surface area contributed by atoms with E-state index in [1.807, 2.05) is 41.9 Å². The normalized spacial score (nSPS) is 16.0. The predicted molar refractivity (Wildman–Crippen MR) is 98.5 cm³/mol. The second-order valence-electron chi connectivity index (χ2n) is 7.24. The highest BCUT2D eigenvalue weighted by molar-refractivity contribution is 5.86. The molecule has 27 heavy (non-hydrogen) atoms. The van der Waals surface area contributed by atoms with Crippen LogP contribution in [0.3, 0.4) is 0 Å². The SMILES string of the molecule is Cc1ncc(-c2ccc3cnc(C4CN(CCC(F)(F)F)C4)cc3c2)n1C. The highest BCUT2D eigenvalue weighted by atomic mass is 19.4. The number of pyridine rings is 1. The molecule has 0 unspecified atom stereocenters. The molecule has 0 atom stereocenters. The Balaban J connectivity index is 1.52. The van der Waals surface area contributed by atoms with Gasteiger partial charge in [-0.1, -0.05) is 12.1 Å². The zero-order valence-corrected chi connectivity index (χ0v) is 15.3. The lowest BCUT2D eigenvalue weighted by Crippen LogP contribution is -2.46. The summed E-state index contributed by atoms with van der Waals surface area (Å²) in [6.45, 7) is 3.30. The van der Waals surface area contributed by atoms with Gasteiger partial charge in [-0.25, -0.2) is 4.98 Å². The number of halogens is 3. The van der Waals surface area contributed by atoms with Crippen LogP contribution < -0.4 is 0 Å². The van der Waals surface area contributed by atoms with Crippen LogP contribution in [0, 0.1) is 6.92 Å². The lowest BCUT2D eigenvalue weighted by atomic mass is 9.94. The first-order valence-electron chi connectivity index (χ1n) is 8.98. The molecule has 0 saturated carbocycles. The largest absolute Gasteiger partial charge is 0.390 e. The summed E-state index contributed by atoms with van der Waals surface area (Å²) in [5.74, 6) is 1.15. The van der Waals surface area contributed by atoms with Crippen molar-refractivity contribution in [1.82, 2.24) is 19.4 Å². The average molecular weight is 374 g/mol. The third kappa shape index (κ3) is 3.69. The summed E-state index contributed by atoms with van der Waals surface area (Å²) in [5, 5.41) is 2.14. The van der Waals surface area contributed by atoms with Gasteiger partial charge in [0, 0.05) is 55.4 Å². The molecule has 3 aromatic rings. The first-order chi connectivity index (χ1) is 12.8. The predicted octanol–water partition coefficient (Wildman–Crippen LogP) is 4.30. The third-order valence-electron chi connectivity index (χ3n) is 5.35. The van der Waals surface area contributed by atoms with E-state index in [1.54, 1.807) is 0 Å². The van der Waals surface area contributed by atoms with E-state index in [-0.39, 0.29) is 12.5 Å². The maximum atomic E-state index is 12.3. The topological polar surface area (TPSA) is 34.0 Å². The van der Waals surface area contributed by atoms with E-state index < -0.39 is 12.6 Å². The van der Waals surface area contributed by atoms with E-state index in [9.17, 15) is 13.2 Å². The van der Waals surface area contributed by atoms with Crippen molar-refractivity contribution in [1.29, 1.82) is 0 Å². The Labute approximate surface area is 155 Å². The summed E-state index contributed by atoms with van der Waals surface area (Å²) < 4.78 is 39.0. The summed E-state index contributed by atoms with van der Waals surface area (Å²) in [7, 11) is 1.99. The number of aryl methyl sites for hydroxylation is 1. The molecule has 0 amide bonds. The Hall–Kier alpha value is -2.41. The minimum atomic E-state index is -4.09. The molecule has 1 aromatic carbocycles. The molecular formula is C20H21F3N4. The lowest BCUT2D eigenvalue weighted by Gasteiger charge is -2.39. The molecule has 0 bridgehead atoms. The molecule has 1 saturated heterocycles. The number of nitrogens with zero attached hydrogens (tertiary/aromatic N) is 4. The Morgan fingerprint density at radius 2 is 1.85 bits per heavy atom. The van der Waals surface area contributed by atoms with Gasteiger partial charge in [-0.15, -0.1) is 0 Å². The van der Waals surface area contributed by atoms with Crippen molar-refractivity contribution >= 4 is 10.8 Å². The zero-order chi connectivity index (χ0) is 19.2. The molecule has 0 aliphatic carbocycles. The van der Waals surface area contributed by atoms with E-state index in [4.69, 9.17) is 0 Å². The van der Waals surface area contributed by atoms with Crippen LogP contribution in [0.25, 0.3) is 22.0 Å². The van der Waals surface area contributed by atoms with Gasteiger partial charge in [0.05, 0.1) is 18.3 Å². The fourth-order valence-electron chi connectivity index (χ4n) is 3.54. The van der Waals surface area contributed by atoms with Crippen LogP contribution in [-0.2, 0) is 7.05 Å². The molecule has 1 aliphatic rings. The molecule has 1 fully saturated rings. The molecule has 4 rings (SSSR count). The van der Waals surface area contributed by atoms with E-state index in [1.165, 1.54) is 0 Å². The van der Waals surface area contributed by atoms with Crippen molar-refractivity contribution < 1.29 is 13.2 Å². The van der Waals surface area contributed by atoms with E-state index in [0.717, 1.165) is 33.5 Å². The summed E-state index contributed by atoms with van der Waals surface area (Å²) in [6.07, 6.45) is -1.13. The van der Waals surface area contributed by atoms with Gasteiger partial charge in [-0.3, -0.25) is 4.98 Å². The van der Waals surface area contributed by atoms with Crippen LogP contribution in [0.5, 0.6) is 0 Å². The Bertz CT molecular complexity index is 971. The Morgan fingerprint density at radius 1 is 1.07 bits per heavy atom. The van der Waals surface area contributed by atoms with Crippen LogP contribution in [0.4, 0.5) is 13.2 Å². The molecule has 0 N–H and O–H groups in total. The molecule has 0 spiro atoms. The van der Waals surface area contributed by atoms with Gasteiger partial charge in [0.2, 0.25) is 0 Å². The van der Waals surface area contributed by atoms with Crippen LogP contribution in [0.15, 0.2) is 36.7 Å². The number of likely N-dealkylation sites (tertiary alicyclic amines) is 1. The van der Waals surface area contributed by atoms with Crippen molar-refractivity contribution in [2.75, 3.05) is 19.6 Å². The van der Waals surface area contributed by atoms with Crippen molar-refractivity contribution in [3.8, 4) is 11.3 Å². The number of alkyl halides is 3. The quantitative estimate of drug-likeness (QED) is 0.683. The molecule has 3 heterocycles. The number of rotatable bonds is 4. The van der Waals surface area contributed by atoms with Crippen LogP contribution in [0.2, 0.25) is 0 Å². The van der Waals surface area contributed by atoms with Crippen molar-refractivity contribution in [3.63, 3.8) is 0 Å². The van der Waals surface area contributed by atoms with Gasteiger partial charge in [0.1, 0.15) is 5.82 Å². The summed E-state index contributed by atoms with van der Waals surface area (Å²) >= 11 is 0. The van der Waals surface area contributed by atoms with Gasteiger partial charge in [0.25, 0.3) is 0 Å². The van der Waals surface area contributed by atoms with Gasteiger partial charge in [0.15, 0.2) is 0 Å². The number of fused-ring (bicyclic) bond motifs is 1. The number of hydrogen-bond donors (Lipinski definition) is 0. The maximum absolute atomic E-state index is 12.3. The molecule has 142 valence electrons. The second-order valence-corrected chi connectivity index (χ2v) is 7.24. The van der Waals surface area contributed by atoms with E-state index >= 15 is 0 Å². The van der Waals surface area contributed by atoms with Crippen molar-refractivity contribution in [2.24, 2.45) is 7.05 Å². The second kappa shape index (κ2) is 6.64. The third-order valence-corrected chi connectivity index (χ3v) is 5.35. The van der Waals surface area contributed by atoms with E-state index in [0.29, 0.717) is 13.1 Å². The molecule has 7 heteroatoms. The van der Waals surface area contributed by atoms with Crippen molar-refractivity contribution in [2.45, 2.75) is 25.4 Å².